The lowest BCUT2D eigenvalue weighted by molar-refractivity contribution is -0.115. The van der Waals surface area contributed by atoms with Crippen LogP contribution in [0.5, 0.6) is 17.2 Å². The molecule has 0 heterocycles. The van der Waals surface area contributed by atoms with Crippen LogP contribution in [0.15, 0.2) is 72.8 Å². The molecule has 1 amide bonds. The summed E-state index contributed by atoms with van der Waals surface area (Å²) >= 11 is 0. The molecule has 156 valence electrons. The molecule has 3 rings (SSSR count). The third-order valence-corrected chi connectivity index (χ3v) is 4.62. The zero-order valence-corrected chi connectivity index (χ0v) is 17.6. The highest BCUT2D eigenvalue weighted by molar-refractivity contribution is 5.91. The van der Waals surface area contributed by atoms with E-state index in [2.05, 4.69) is 43.5 Å². The Kier molecular flexibility index (Phi) is 6.62. The van der Waals surface area contributed by atoms with Crippen molar-refractivity contribution < 1.29 is 14.6 Å². The van der Waals surface area contributed by atoms with E-state index in [-0.39, 0.29) is 17.1 Å². The predicted molar refractivity (Wildman–Crippen MR) is 122 cm³/mol. The molecule has 0 aromatic heterocycles. The van der Waals surface area contributed by atoms with Crippen LogP contribution in [0.1, 0.15) is 32.8 Å². The van der Waals surface area contributed by atoms with E-state index in [4.69, 9.17) is 4.74 Å². The molecule has 0 aliphatic rings. The smallest absolute Gasteiger partial charge is 0.226 e. The van der Waals surface area contributed by atoms with Gasteiger partial charge in [0.1, 0.15) is 17.2 Å². The van der Waals surface area contributed by atoms with Crippen LogP contribution in [-0.2, 0) is 10.2 Å². The second-order valence-electron chi connectivity index (χ2n) is 8.18. The number of rotatable bonds is 7. The Morgan fingerprint density at radius 3 is 2.13 bits per heavy atom. The van der Waals surface area contributed by atoms with Gasteiger partial charge >= 0.3 is 0 Å². The Morgan fingerprint density at radius 1 is 0.900 bits per heavy atom. The minimum absolute atomic E-state index is 0.0888. The van der Waals surface area contributed by atoms with E-state index in [1.54, 1.807) is 18.2 Å². The van der Waals surface area contributed by atoms with E-state index < -0.39 is 0 Å². The van der Waals surface area contributed by atoms with Crippen LogP contribution in [0.3, 0.4) is 0 Å². The van der Waals surface area contributed by atoms with Crippen LogP contribution in [0.2, 0.25) is 0 Å². The highest BCUT2D eigenvalue weighted by Crippen LogP contribution is 2.27. The molecule has 0 spiro atoms. The summed E-state index contributed by atoms with van der Waals surface area (Å²) in [5.74, 6) is 1.59. The van der Waals surface area contributed by atoms with E-state index in [1.165, 1.54) is 5.56 Å². The Morgan fingerprint density at radius 2 is 1.53 bits per heavy atom. The van der Waals surface area contributed by atoms with Crippen molar-refractivity contribution in [2.45, 2.75) is 32.6 Å². The van der Waals surface area contributed by atoms with Crippen LogP contribution in [0.4, 0.5) is 11.4 Å². The SMILES string of the molecule is CC(C)(C)c1ccc(Oc2ccc(NC(=O)CCNc3cccc(O)c3)cc2)cc1. The summed E-state index contributed by atoms with van der Waals surface area (Å²) in [5.41, 5.74) is 2.86. The molecular formula is C25H28N2O3. The third kappa shape index (κ3) is 6.27. The maximum Gasteiger partial charge on any atom is 0.226 e. The van der Waals surface area contributed by atoms with Crippen molar-refractivity contribution in [3.63, 3.8) is 0 Å². The number of hydrogen-bond acceptors (Lipinski definition) is 4. The fraction of sp³-hybridized carbons (Fsp3) is 0.240. The minimum atomic E-state index is -0.0888. The van der Waals surface area contributed by atoms with Gasteiger partial charge in [-0.25, -0.2) is 0 Å². The Hall–Kier alpha value is -3.47. The number of nitrogens with one attached hydrogen (secondary N) is 2. The van der Waals surface area contributed by atoms with Gasteiger partial charge in [-0.3, -0.25) is 4.79 Å². The molecule has 0 aliphatic heterocycles. The minimum Gasteiger partial charge on any atom is -0.508 e. The summed E-state index contributed by atoms with van der Waals surface area (Å²) in [5, 5.41) is 15.4. The maximum absolute atomic E-state index is 12.1. The molecular weight excluding hydrogens is 376 g/mol. The van der Waals surface area contributed by atoms with Gasteiger partial charge in [0.05, 0.1) is 0 Å². The van der Waals surface area contributed by atoms with Crippen LogP contribution in [-0.4, -0.2) is 17.6 Å². The third-order valence-electron chi connectivity index (χ3n) is 4.62. The summed E-state index contributed by atoms with van der Waals surface area (Å²) in [6.07, 6.45) is 0.314. The predicted octanol–water partition coefficient (Wildman–Crippen LogP) is 5.92. The molecule has 3 N–H and O–H groups in total. The Bertz CT molecular complexity index is 975. The molecule has 0 radical (unpaired) electrons. The lowest BCUT2D eigenvalue weighted by Crippen LogP contribution is -2.16. The summed E-state index contributed by atoms with van der Waals surface area (Å²) < 4.78 is 5.89. The van der Waals surface area contributed by atoms with E-state index in [0.29, 0.717) is 24.4 Å². The number of carbonyl (C=O) groups is 1. The van der Waals surface area contributed by atoms with E-state index >= 15 is 0 Å². The van der Waals surface area contributed by atoms with Crippen LogP contribution < -0.4 is 15.4 Å². The molecule has 5 heteroatoms. The van der Waals surface area contributed by atoms with Crippen molar-refractivity contribution in [2.24, 2.45) is 0 Å². The molecule has 0 unspecified atom stereocenters. The van der Waals surface area contributed by atoms with Gasteiger partial charge in [0.2, 0.25) is 5.91 Å². The number of phenolic OH excluding ortho intramolecular Hbond substituents is 1. The Labute approximate surface area is 177 Å². The fourth-order valence-electron chi connectivity index (χ4n) is 2.93. The second kappa shape index (κ2) is 9.35. The largest absolute Gasteiger partial charge is 0.508 e. The average molecular weight is 405 g/mol. The van der Waals surface area contributed by atoms with Crippen LogP contribution in [0, 0.1) is 0 Å². The molecule has 0 atom stereocenters. The zero-order chi connectivity index (χ0) is 21.6. The number of phenols is 1. The molecule has 0 bridgehead atoms. The zero-order valence-electron chi connectivity index (χ0n) is 17.6. The lowest BCUT2D eigenvalue weighted by atomic mass is 9.87. The topological polar surface area (TPSA) is 70.6 Å². The number of amides is 1. The summed E-state index contributed by atoms with van der Waals surface area (Å²) in [4.78, 5) is 12.1. The van der Waals surface area contributed by atoms with Crippen molar-refractivity contribution in [1.29, 1.82) is 0 Å². The van der Waals surface area contributed by atoms with Gasteiger partial charge < -0.3 is 20.5 Å². The average Bonchev–Trinajstić information content (AvgIpc) is 2.69. The first-order valence-electron chi connectivity index (χ1n) is 10.0. The van der Waals surface area contributed by atoms with Gasteiger partial charge in [0, 0.05) is 30.4 Å². The first-order valence-corrected chi connectivity index (χ1v) is 10.0. The first-order chi connectivity index (χ1) is 14.3. The highest BCUT2D eigenvalue weighted by Gasteiger charge is 2.13. The van der Waals surface area contributed by atoms with Crippen LogP contribution in [0.25, 0.3) is 0 Å². The second-order valence-corrected chi connectivity index (χ2v) is 8.18. The number of aromatic hydroxyl groups is 1. The molecule has 0 saturated carbocycles. The van der Waals surface area contributed by atoms with Gasteiger partial charge in [0.25, 0.3) is 0 Å². The maximum atomic E-state index is 12.1. The lowest BCUT2D eigenvalue weighted by Gasteiger charge is -2.19. The van der Waals surface area contributed by atoms with Gasteiger partial charge in [-0.1, -0.05) is 39.0 Å². The van der Waals surface area contributed by atoms with Crippen LogP contribution >= 0.6 is 0 Å². The molecule has 3 aromatic carbocycles. The van der Waals surface area contributed by atoms with Gasteiger partial charge in [0.15, 0.2) is 0 Å². The number of anilines is 2. The molecule has 3 aromatic rings. The van der Waals surface area contributed by atoms with Gasteiger partial charge in [-0.05, 0) is 59.5 Å². The normalized spacial score (nSPS) is 11.0. The molecule has 0 aliphatic carbocycles. The highest BCUT2D eigenvalue weighted by atomic mass is 16.5. The van der Waals surface area contributed by atoms with Gasteiger partial charge in [-0.15, -0.1) is 0 Å². The quantitative estimate of drug-likeness (QED) is 0.457. The fourth-order valence-corrected chi connectivity index (χ4v) is 2.93. The van der Waals surface area contributed by atoms with Crippen molar-refractivity contribution in [1.82, 2.24) is 0 Å². The van der Waals surface area contributed by atoms with Crippen molar-refractivity contribution in [3.8, 4) is 17.2 Å². The first kappa shape index (κ1) is 21.2. The summed E-state index contributed by atoms with van der Waals surface area (Å²) in [7, 11) is 0. The number of carbonyl (C=O) groups excluding carboxylic acids is 1. The number of hydrogen-bond donors (Lipinski definition) is 3. The number of ether oxygens (including phenoxy) is 1. The standard InChI is InChI=1S/C25H28N2O3/c1-25(2,3)18-7-11-22(12-8-18)30-23-13-9-19(10-14-23)27-24(29)15-16-26-20-5-4-6-21(28)17-20/h4-14,17,26,28H,15-16H2,1-3H3,(H,27,29). The molecule has 5 nitrogen and oxygen atoms in total. The van der Waals surface area contributed by atoms with E-state index in [9.17, 15) is 9.90 Å². The Balaban J connectivity index is 1.47. The number of benzene rings is 3. The molecule has 0 saturated heterocycles. The van der Waals surface area contributed by atoms with Gasteiger partial charge in [-0.2, -0.15) is 0 Å². The molecule has 0 fully saturated rings. The van der Waals surface area contributed by atoms with E-state index in [1.807, 2.05) is 42.5 Å². The van der Waals surface area contributed by atoms with Crippen molar-refractivity contribution in [3.05, 3.63) is 78.4 Å². The van der Waals surface area contributed by atoms with Crippen molar-refractivity contribution >= 4 is 17.3 Å². The molecule has 30 heavy (non-hydrogen) atoms. The van der Waals surface area contributed by atoms with E-state index in [0.717, 1.165) is 11.4 Å². The summed E-state index contributed by atoms with van der Waals surface area (Å²) in [6.45, 7) is 7.01. The van der Waals surface area contributed by atoms with Crippen molar-refractivity contribution in [2.75, 3.05) is 17.2 Å². The monoisotopic (exact) mass is 404 g/mol. The summed E-state index contributed by atoms with van der Waals surface area (Å²) in [6, 6.07) is 22.2.